The van der Waals surface area contributed by atoms with Crippen molar-refractivity contribution < 1.29 is 8.42 Å². The molecule has 19 heavy (non-hydrogen) atoms. The van der Waals surface area contributed by atoms with Gasteiger partial charge in [-0.1, -0.05) is 18.9 Å². The summed E-state index contributed by atoms with van der Waals surface area (Å²) in [6.07, 6.45) is 5.55. The lowest BCUT2D eigenvalue weighted by Crippen LogP contribution is -2.38. The lowest BCUT2D eigenvalue weighted by molar-refractivity contribution is 0.341. The number of aromatic nitrogens is 1. The van der Waals surface area contributed by atoms with Crippen LogP contribution < -0.4 is 0 Å². The van der Waals surface area contributed by atoms with Gasteiger partial charge in [-0.15, -0.1) is 11.6 Å². The summed E-state index contributed by atoms with van der Waals surface area (Å²) in [5, 5.41) is 0.120. The van der Waals surface area contributed by atoms with Gasteiger partial charge in [0.25, 0.3) is 10.0 Å². The minimum atomic E-state index is -3.48. The zero-order valence-corrected chi connectivity index (χ0v) is 12.6. The van der Waals surface area contributed by atoms with Crippen LogP contribution >= 0.6 is 11.6 Å². The second-order valence-electron chi connectivity index (χ2n) is 4.95. The predicted molar refractivity (Wildman–Crippen MR) is 75.6 cm³/mol. The van der Waals surface area contributed by atoms with E-state index in [1.54, 1.807) is 16.4 Å². The summed E-state index contributed by atoms with van der Waals surface area (Å²) >= 11 is 5.69. The van der Waals surface area contributed by atoms with Crippen LogP contribution in [0.1, 0.15) is 38.2 Å². The first kappa shape index (κ1) is 14.8. The van der Waals surface area contributed by atoms with Crippen LogP contribution in [0, 0.1) is 0 Å². The van der Waals surface area contributed by atoms with E-state index in [9.17, 15) is 8.42 Å². The molecule has 6 heteroatoms. The lowest BCUT2D eigenvalue weighted by Gasteiger charge is -2.25. The zero-order valence-electron chi connectivity index (χ0n) is 11.0. The van der Waals surface area contributed by atoms with Crippen molar-refractivity contribution in [1.82, 2.24) is 9.29 Å². The maximum Gasteiger partial charge on any atom is 0.260 e. The van der Waals surface area contributed by atoms with E-state index in [0.29, 0.717) is 12.4 Å². The van der Waals surface area contributed by atoms with E-state index >= 15 is 0 Å². The van der Waals surface area contributed by atoms with Gasteiger partial charge in [-0.05, 0) is 31.4 Å². The average molecular weight is 303 g/mol. The van der Waals surface area contributed by atoms with E-state index in [1.807, 2.05) is 6.92 Å². The number of hydrogen-bond acceptors (Lipinski definition) is 3. The van der Waals surface area contributed by atoms with Crippen molar-refractivity contribution in [2.45, 2.75) is 49.6 Å². The molecule has 1 atom stereocenters. The minimum Gasteiger partial charge on any atom is -0.243 e. The SMILES string of the molecule is CC1CCCCCN1S(=O)(=O)c1ccc(CCl)cn1. The van der Waals surface area contributed by atoms with Crippen molar-refractivity contribution in [3.63, 3.8) is 0 Å². The van der Waals surface area contributed by atoms with E-state index in [-0.39, 0.29) is 11.1 Å². The topological polar surface area (TPSA) is 50.3 Å². The highest BCUT2D eigenvalue weighted by molar-refractivity contribution is 7.89. The van der Waals surface area contributed by atoms with Crippen LogP contribution in [-0.2, 0) is 15.9 Å². The van der Waals surface area contributed by atoms with Gasteiger partial charge in [0, 0.05) is 24.7 Å². The van der Waals surface area contributed by atoms with Crippen LogP contribution in [-0.4, -0.2) is 30.3 Å². The Balaban J connectivity index is 2.29. The van der Waals surface area contributed by atoms with Gasteiger partial charge in [0.05, 0.1) is 0 Å². The van der Waals surface area contributed by atoms with Gasteiger partial charge in [0.2, 0.25) is 0 Å². The molecule has 2 heterocycles. The van der Waals surface area contributed by atoms with Crippen molar-refractivity contribution in [3.05, 3.63) is 23.9 Å². The van der Waals surface area contributed by atoms with Crippen LogP contribution in [0.3, 0.4) is 0 Å². The van der Waals surface area contributed by atoms with E-state index < -0.39 is 10.0 Å². The Hall–Kier alpha value is -0.650. The molecule has 0 amide bonds. The Labute approximate surface area is 119 Å². The third-order valence-electron chi connectivity index (χ3n) is 3.52. The molecule has 1 fully saturated rings. The summed E-state index contributed by atoms with van der Waals surface area (Å²) in [5.74, 6) is 0.341. The van der Waals surface area contributed by atoms with Crippen LogP contribution in [0.4, 0.5) is 0 Å². The molecular weight excluding hydrogens is 284 g/mol. The predicted octanol–water partition coefficient (Wildman–Crippen LogP) is 2.77. The summed E-state index contributed by atoms with van der Waals surface area (Å²) in [4.78, 5) is 4.05. The quantitative estimate of drug-likeness (QED) is 0.807. The molecule has 1 aliphatic rings. The van der Waals surface area contributed by atoms with Crippen molar-refractivity contribution >= 4 is 21.6 Å². The van der Waals surface area contributed by atoms with Gasteiger partial charge < -0.3 is 0 Å². The molecule has 1 aromatic heterocycles. The molecular formula is C13H19ClN2O2S. The smallest absolute Gasteiger partial charge is 0.243 e. The van der Waals surface area contributed by atoms with Gasteiger partial charge in [0.15, 0.2) is 5.03 Å². The van der Waals surface area contributed by atoms with Crippen molar-refractivity contribution in [3.8, 4) is 0 Å². The number of nitrogens with zero attached hydrogens (tertiary/aromatic N) is 2. The maximum atomic E-state index is 12.6. The molecule has 0 spiro atoms. The fourth-order valence-corrected chi connectivity index (χ4v) is 4.14. The Morgan fingerprint density at radius 3 is 2.79 bits per heavy atom. The monoisotopic (exact) mass is 302 g/mol. The van der Waals surface area contributed by atoms with Crippen LogP contribution in [0.15, 0.2) is 23.4 Å². The first-order chi connectivity index (χ1) is 9.05. The minimum absolute atomic E-state index is 0.0435. The Bertz CT molecular complexity index is 516. The summed E-state index contributed by atoms with van der Waals surface area (Å²) < 4.78 is 26.7. The third-order valence-corrected chi connectivity index (χ3v) is 5.76. The van der Waals surface area contributed by atoms with Crippen LogP contribution in [0.5, 0.6) is 0 Å². The first-order valence-electron chi connectivity index (χ1n) is 6.58. The average Bonchev–Trinajstić information content (AvgIpc) is 2.64. The summed E-state index contributed by atoms with van der Waals surface area (Å²) in [7, 11) is -3.48. The van der Waals surface area contributed by atoms with Gasteiger partial charge in [-0.2, -0.15) is 4.31 Å². The summed E-state index contributed by atoms with van der Waals surface area (Å²) in [6.45, 7) is 2.55. The van der Waals surface area contributed by atoms with Gasteiger partial charge in [-0.25, -0.2) is 13.4 Å². The Kier molecular flexibility index (Phi) is 4.81. The molecule has 4 nitrogen and oxygen atoms in total. The standard InChI is InChI=1S/C13H19ClN2O2S/c1-11-5-3-2-4-8-16(11)19(17,18)13-7-6-12(9-14)10-15-13/h6-7,10-11H,2-5,8-9H2,1H3. The van der Waals surface area contributed by atoms with E-state index in [2.05, 4.69) is 4.98 Å². The number of sulfonamides is 1. The van der Waals surface area contributed by atoms with Crippen LogP contribution in [0.25, 0.3) is 0 Å². The van der Waals surface area contributed by atoms with Gasteiger partial charge in [-0.3, -0.25) is 0 Å². The molecule has 1 unspecified atom stereocenters. The number of alkyl halides is 1. The summed E-state index contributed by atoms with van der Waals surface area (Å²) in [5.41, 5.74) is 0.824. The maximum absolute atomic E-state index is 12.6. The van der Waals surface area contributed by atoms with Gasteiger partial charge in [0.1, 0.15) is 0 Å². The van der Waals surface area contributed by atoms with Crippen molar-refractivity contribution in [2.75, 3.05) is 6.54 Å². The lowest BCUT2D eigenvalue weighted by atomic mass is 10.1. The van der Waals surface area contributed by atoms with E-state index in [4.69, 9.17) is 11.6 Å². The third kappa shape index (κ3) is 3.27. The highest BCUT2D eigenvalue weighted by Crippen LogP contribution is 2.23. The molecule has 1 aliphatic heterocycles. The van der Waals surface area contributed by atoms with E-state index in [0.717, 1.165) is 31.2 Å². The number of hydrogen-bond donors (Lipinski definition) is 0. The van der Waals surface area contributed by atoms with Crippen LogP contribution in [0.2, 0.25) is 0 Å². The summed E-state index contributed by atoms with van der Waals surface area (Å²) in [6, 6.07) is 3.31. The molecule has 0 saturated carbocycles. The fraction of sp³-hybridized carbons (Fsp3) is 0.615. The highest BCUT2D eigenvalue weighted by atomic mass is 35.5. The second-order valence-corrected chi connectivity index (χ2v) is 7.06. The molecule has 0 N–H and O–H groups in total. The highest BCUT2D eigenvalue weighted by Gasteiger charge is 2.30. The normalized spacial score (nSPS) is 22.1. The zero-order chi connectivity index (χ0) is 13.9. The number of pyridine rings is 1. The Morgan fingerprint density at radius 1 is 1.37 bits per heavy atom. The molecule has 106 valence electrons. The first-order valence-corrected chi connectivity index (χ1v) is 8.56. The second kappa shape index (κ2) is 6.20. The molecule has 0 radical (unpaired) electrons. The molecule has 0 bridgehead atoms. The molecule has 1 aromatic rings. The number of rotatable bonds is 3. The van der Waals surface area contributed by atoms with Gasteiger partial charge >= 0.3 is 0 Å². The Morgan fingerprint density at radius 2 is 2.16 bits per heavy atom. The molecule has 1 saturated heterocycles. The number of halogens is 1. The largest absolute Gasteiger partial charge is 0.260 e. The van der Waals surface area contributed by atoms with Crippen molar-refractivity contribution in [1.29, 1.82) is 0 Å². The molecule has 0 aliphatic carbocycles. The van der Waals surface area contributed by atoms with E-state index in [1.165, 1.54) is 6.20 Å². The fourth-order valence-electron chi connectivity index (χ4n) is 2.37. The van der Waals surface area contributed by atoms with Crippen molar-refractivity contribution in [2.24, 2.45) is 0 Å². The molecule has 2 rings (SSSR count). The molecule has 0 aromatic carbocycles.